The van der Waals surface area contributed by atoms with Gasteiger partial charge >= 0.3 is 0 Å². The van der Waals surface area contributed by atoms with Crippen LogP contribution in [0.5, 0.6) is 5.75 Å². The number of ether oxygens (including phenoxy) is 1. The number of unbranched alkanes of at least 4 members (excludes halogenated alkanes) is 5. The quantitative estimate of drug-likeness (QED) is 0.208. The molecule has 0 spiro atoms. The predicted octanol–water partition coefficient (Wildman–Crippen LogP) is 8.77. The normalized spacial score (nSPS) is 12.9. The van der Waals surface area contributed by atoms with Gasteiger partial charge in [0.2, 0.25) is 0 Å². The highest BCUT2D eigenvalue weighted by atomic mass is 32.3. The van der Waals surface area contributed by atoms with Gasteiger partial charge in [-0.15, -0.1) is 0 Å². The second kappa shape index (κ2) is 12.8. The molecule has 0 atom stereocenters. The van der Waals surface area contributed by atoms with Gasteiger partial charge in [-0.2, -0.15) is 8.42 Å². The highest BCUT2D eigenvalue weighted by Crippen LogP contribution is 2.70. The fraction of sp³-hybridized carbons (Fsp3) is 0.400. The first-order chi connectivity index (χ1) is 17.2. The summed E-state index contributed by atoms with van der Waals surface area (Å²) >= 11 is 0. The van der Waals surface area contributed by atoms with Gasteiger partial charge in [-0.3, -0.25) is 0 Å². The molecule has 0 saturated carbocycles. The molecular weight excluding hydrogens is 488 g/mol. The molecule has 0 heterocycles. The van der Waals surface area contributed by atoms with Crippen molar-refractivity contribution in [3.05, 3.63) is 84.9 Å². The van der Waals surface area contributed by atoms with Gasteiger partial charge in [0.25, 0.3) is 10.1 Å². The standard InChI is InChI=1S/C30H40O4S2/c1-5-6-7-8-9-16-25-35(31,32)34-36(27-17-12-10-13-18-27,28-19-14-11-15-20-28)29-23-21-26(22-24-29)33-30(2,3)4/h10-15,17-24H,5-9,16,25H2,1-4H3. The zero-order chi connectivity index (χ0) is 26.1. The van der Waals surface area contributed by atoms with Crippen molar-refractivity contribution in [2.45, 2.75) is 86.5 Å². The average Bonchev–Trinajstić information content (AvgIpc) is 2.85. The van der Waals surface area contributed by atoms with E-state index in [4.69, 9.17) is 8.37 Å². The van der Waals surface area contributed by atoms with E-state index in [1.165, 1.54) is 12.8 Å². The first kappa shape index (κ1) is 28.3. The van der Waals surface area contributed by atoms with Gasteiger partial charge in [0, 0.05) is 14.7 Å². The lowest BCUT2D eigenvalue weighted by Gasteiger charge is -2.39. The summed E-state index contributed by atoms with van der Waals surface area (Å²) in [6.07, 6.45) is 6.04. The van der Waals surface area contributed by atoms with Crippen molar-refractivity contribution in [1.29, 1.82) is 0 Å². The smallest absolute Gasteiger partial charge is 0.277 e. The zero-order valence-corrected chi connectivity index (χ0v) is 23.6. The first-order valence-corrected chi connectivity index (χ1v) is 16.0. The maximum atomic E-state index is 13.5. The van der Waals surface area contributed by atoms with Crippen molar-refractivity contribution < 1.29 is 16.8 Å². The topological polar surface area (TPSA) is 52.6 Å². The van der Waals surface area contributed by atoms with Crippen LogP contribution in [0.1, 0.15) is 66.2 Å². The molecule has 0 aliphatic heterocycles. The van der Waals surface area contributed by atoms with E-state index < -0.39 is 20.4 Å². The van der Waals surface area contributed by atoms with Crippen molar-refractivity contribution in [2.75, 3.05) is 5.75 Å². The van der Waals surface area contributed by atoms with Crippen molar-refractivity contribution in [1.82, 2.24) is 0 Å². The Morgan fingerprint density at radius 2 is 1.11 bits per heavy atom. The zero-order valence-electron chi connectivity index (χ0n) is 22.0. The van der Waals surface area contributed by atoms with Crippen molar-refractivity contribution in [3.8, 4) is 5.75 Å². The van der Waals surface area contributed by atoms with Crippen LogP contribution in [0, 0.1) is 0 Å². The minimum absolute atomic E-state index is 0.0127. The van der Waals surface area contributed by atoms with E-state index in [0.29, 0.717) is 6.42 Å². The number of hydrogen-bond donors (Lipinski definition) is 0. The van der Waals surface area contributed by atoms with Crippen LogP contribution in [0.2, 0.25) is 0 Å². The van der Waals surface area contributed by atoms with E-state index in [1.54, 1.807) is 0 Å². The fourth-order valence-electron chi connectivity index (χ4n) is 4.05. The second-order valence-electron chi connectivity index (χ2n) is 9.97. The van der Waals surface area contributed by atoms with E-state index in [9.17, 15) is 8.42 Å². The second-order valence-corrected chi connectivity index (χ2v) is 14.6. The highest BCUT2D eigenvalue weighted by Gasteiger charge is 2.37. The maximum Gasteiger partial charge on any atom is 0.277 e. The lowest BCUT2D eigenvalue weighted by molar-refractivity contribution is 0.131. The molecule has 6 heteroatoms. The van der Waals surface area contributed by atoms with Crippen molar-refractivity contribution in [3.63, 3.8) is 0 Å². The summed E-state index contributed by atoms with van der Waals surface area (Å²) in [6, 6.07) is 27.1. The van der Waals surface area contributed by atoms with Gasteiger partial charge in [-0.25, -0.2) is 3.63 Å². The van der Waals surface area contributed by atoms with Gasteiger partial charge in [-0.05, 0) is 86.0 Å². The molecule has 196 valence electrons. The Kier molecular flexibility index (Phi) is 10.1. The molecule has 0 aromatic heterocycles. The van der Waals surface area contributed by atoms with Gasteiger partial charge in [0.15, 0.2) is 0 Å². The van der Waals surface area contributed by atoms with E-state index >= 15 is 0 Å². The first-order valence-electron chi connectivity index (χ1n) is 12.8. The van der Waals surface area contributed by atoms with Gasteiger partial charge < -0.3 is 4.74 Å². The lowest BCUT2D eigenvalue weighted by Crippen LogP contribution is -2.23. The molecule has 0 N–H and O–H groups in total. The van der Waals surface area contributed by atoms with Crippen LogP contribution in [-0.2, 0) is 13.7 Å². The van der Waals surface area contributed by atoms with E-state index in [2.05, 4.69) is 6.92 Å². The molecule has 36 heavy (non-hydrogen) atoms. The van der Waals surface area contributed by atoms with Gasteiger partial charge in [0.1, 0.15) is 11.4 Å². The van der Waals surface area contributed by atoms with Crippen LogP contribution in [0.15, 0.2) is 99.6 Å². The van der Waals surface area contributed by atoms with Gasteiger partial charge in [-0.1, -0.05) is 75.4 Å². The average molecular weight is 529 g/mol. The van der Waals surface area contributed by atoms with E-state index in [0.717, 1.165) is 39.7 Å². The van der Waals surface area contributed by atoms with Crippen LogP contribution in [0.4, 0.5) is 0 Å². The van der Waals surface area contributed by atoms with E-state index in [-0.39, 0.29) is 11.4 Å². The summed E-state index contributed by atoms with van der Waals surface area (Å²) in [5, 5.41) is 0. The molecule has 0 amide bonds. The summed E-state index contributed by atoms with van der Waals surface area (Å²) in [6.45, 7) is 8.18. The molecule has 0 radical (unpaired) electrons. The Hall–Kier alpha value is -2.28. The summed E-state index contributed by atoms with van der Waals surface area (Å²) in [4.78, 5) is 2.49. The number of hydrogen-bond acceptors (Lipinski definition) is 4. The molecule has 0 fully saturated rings. The van der Waals surface area contributed by atoms with Crippen LogP contribution < -0.4 is 4.74 Å². The minimum Gasteiger partial charge on any atom is -0.488 e. The van der Waals surface area contributed by atoms with Crippen molar-refractivity contribution in [2.24, 2.45) is 0 Å². The Morgan fingerprint density at radius 3 is 1.61 bits per heavy atom. The molecule has 3 rings (SSSR count). The predicted molar refractivity (Wildman–Crippen MR) is 150 cm³/mol. The summed E-state index contributed by atoms with van der Waals surface area (Å²) in [7, 11) is -6.36. The molecule has 0 aliphatic carbocycles. The Balaban J connectivity index is 2.03. The highest BCUT2D eigenvalue weighted by molar-refractivity contribution is 8.33. The number of benzene rings is 3. The molecule has 4 nitrogen and oxygen atoms in total. The minimum atomic E-state index is -3.81. The molecule has 3 aromatic carbocycles. The van der Waals surface area contributed by atoms with Crippen LogP contribution in [-0.4, -0.2) is 19.8 Å². The molecular formula is C30H40O4S2. The Bertz CT molecular complexity index is 1110. The van der Waals surface area contributed by atoms with E-state index in [1.807, 2.05) is 106 Å². The molecule has 0 saturated heterocycles. The third-order valence-corrected chi connectivity index (χ3v) is 10.9. The third-order valence-electron chi connectivity index (χ3n) is 5.68. The van der Waals surface area contributed by atoms with Gasteiger partial charge in [0.05, 0.1) is 5.75 Å². The molecule has 0 aliphatic rings. The van der Waals surface area contributed by atoms with Crippen LogP contribution in [0.3, 0.4) is 0 Å². The Morgan fingerprint density at radius 1 is 0.639 bits per heavy atom. The summed E-state index contributed by atoms with van der Waals surface area (Å²) in [5.74, 6) is 0.745. The van der Waals surface area contributed by atoms with Crippen LogP contribution >= 0.6 is 10.3 Å². The maximum absolute atomic E-state index is 13.5. The van der Waals surface area contributed by atoms with Crippen molar-refractivity contribution >= 4 is 20.4 Å². The summed E-state index contributed by atoms with van der Waals surface area (Å²) in [5.41, 5.74) is -0.332. The number of rotatable bonds is 13. The molecule has 3 aromatic rings. The third kappa shape index (κ3) is 7.86. The largest absolute Gasteiger partial charge is 0.488 e. The SMILES string of the molecule is CCCCCCCCS(=O)(=O)OS(c1ccccc1)(c1ccccc1)c1ccc(OC(C)(C)C)cc1. The molecule has 0 bridgehead atoms. The Labute approximate surface area is 219 Å². The fourth-order valence-corrected chi connectivity index (χ4v) is 9.49. The molecule has 0 unspecified atom stereocenters. The lowest BCUT2D eigenvalue weighted by atomic mass is 10.1. The van der Waals surface area contributed by atoms with Crippen LogP contribution in [0.25, 0.3) is 0 Å². The monoisotopic (exact) mass is 528 g/mol. The summed E-state index contributed by atoms with van der Waals surface area (Å²) < 4.78 is 39.4.